The lowest BCUT2D eigenvalue weighted by atomic mass is 10.0. The molecule has 3 N–H and O–H groups in total. The maximum absolute atomic E-state index is 9.07. The number of hydrogen-bond acceptors (Lipinski definition) is 12. The molecule has 0 amide bonds. The fourth-order valence-corrected chi connectivity index (χ4v) is 5.63. The molecule has 1 aliphatic rings. The van der Waals surface area contributed by atoms with Gasteiger partial charge in [-0.05, 0) is 60.9 Å². The van der Waals surface area contributed by atoms with Gasteiger partial charge in [0.25, 0.3) is 0 Å². The van der Waals surface area contributed by atoms with E-state index in [-0.39, 0.29) is 5.82 Å². The number of methoxy groups -OCH3 is 1. The third-order valence-electron chi connectivity index (χ3n) is 7.98. The Kier molecular flexibility index (Phi) is 7.84. The van der Waals surface area contributed by atoms with E-state index in [1.165, 1.54) is 5.56 Å². The number of nitrogens with two attached hydrogens (primary N) is 1. The number of ether oxygens (including phenoxy) is 1. The third kappa shape index (κ3) is 5.89. The Hall–Kier alpha value is -6.00. The summed E-state index contributed by atoms with van der Waals surface area (Å²) in [6.07, 6.45) is 8.45. The number of hydrogen-bond donors (Lipinski definition) is 2. The number of piperidine rings is 1. The first-order chi connectivity index (χ1) is 22.6. The first-order valence-electron chi connectivity index (χ1n) is 14.9. The largest absolute Gasteiger partial charge is 0.480 e. The first kappa shape index (κ1) is 28.8. The molecule has 0 saturated carbocycles. The number of aromatic nitrogens is 8. The zero-order valence-corrected chi connectivity index (χ0v) is 25.1. The Morgan fingerprint density at radius 2 is 1.76 bits per heavy atom. The minimum Gasteiger partial charge on any atom is -0.480 e. The average molecular weight is 611 g/mol. The molecule has 13 heteroatoms. The fourth-order valence-electron chi connectivity index (χ4n) is 5.63. The highest BCUT2D eigenvalue weighted by molar-refractivity contribution is 5.84. The number of benzene rings is 1. The number of imidazole rings is 1. The van der Waals surface area contributed by atoms with Gasteiger partial charge in [-0.3, -0.25) is 9.47 Å². The summed E-state index contributed by atoms with van der Waals surface area (Å²) >= 11 is 0. The van der Waals surface area contributed by atoms with Gasteiger partial charge in [-0.25, -0.2) is 34.9 Å². The van der Waals surface area contributed by atoms with Crippen molar-refractivity contribution < 1.29 is 4.74 Å². The Labute approximate surface area is 264 Å². The maximum Gasteiger partial charge on any atom is 0.234 e. The van der Waals surface area contributed by atoms with Gasteiger partial charge in [-0.15, -0.1) is 0 Å². The van der Waals surface area contributed by atoms with Crippen molar-refractivity contribution in [2.75, 3.05) is 31.2 Å². The molecule has 46 heavy (non-hydrogen) atoms. The topological polar surface area (TPSA) is 169 Å². The van der Waals surface area contributed by atoms with Crippen LogP contribution in [-0.2, 0) is 6.54 Å². The van der Waals surface area contributed by atoms with Crippen LogP contribution in [0, 0.1) is 11.3 Å². The minimum absolute atomic E-state index is 0.174. The van der Waals surface area contributed by atoms with Crippen molar-refractivity contribution in [1.82, 2.24) is 44.4 Å². The highest BCUT2D eigenvalue weighted by atomic mass is 16.5. The summed E-state index contributed by atoms with van der Waals surface area (Å²) in [5.74, 6) is 2.34. The van der Waals surface area contributed by atoms with Crippen molar-refractivity contribution in [2.45, 2.75) is 25.4 Å². The number of nitrogen functional groups attached to an aromatic ring is 1. The number of rotatable bonds is 8. The van der Waals surface area contributed by atoms with Gasteiger partial charge in [0, 0.05) is 43.8 Å². The molecular weight excluding hydrogens is 580 g/mol. The molecule has 0 unspecified atom stereocenters. The second kappa shape index (κ2) is 12.5. The average Bonchev–Trinajstić information content (AvgIpc) is 3.48. The van der Waals surface area contributed by atoms with E-state index in [0.717, 1.165) is 49.2 Å². The van der Waals surface area contributed by atoms with Gasteiger partial charge in [0.1, 0.15) is 28.9 Å². The van der Waals surface area contributed by atoms with Crippen LogP contribution in [0.5, 0.6) is 5.88 Å². The molecule has 6 heterocycles. The Bertz CT molecular complexity index is 2030. The van der Waals surface area contributed by atoms with E-state index in [1.54, 1.807) is 38.0 Å². The molecule has 1 aromatic carbocycles. The second-order valence-electron chi connectivity index (χ2n) is 10.9. The summed E-state index contributed by atoms with van der Waals surface area (Å²) in [6.45, 7) is 2.74. The monoisotopic (exact) mass is 610 g/mol. The summed E-state index contributed by atoms with van der Waals surface area (Å²) < 4.78 is 7.17. The number of nitriles is 1. The van der Waals surface area contributed by atoms with Crippen LogP contribution in [0.2, 0.25) is 0 Å². The van der Waals surface area contributed by atoms with Crippen molar-refractivity contribution in [2.24, 2.45) is 0 Å². The van der Waals surface area contributed by atoms with Crippen LogP contribution in [0.3, 0.4) is 0 Å². The number of likely N-dealkylation sites (tertiary alicyclic amines) is 1. The Morgan fingerprint density at radius 3 is 2.50 bits per heavy atom. The van der Waals surface area contributed by atoms with E-state index < -0.39 is 0 Å². The molecule has 0 radical (unpaired) electrons. The predicted octanol–water partition coefficient (Wildman–Crippen LogP) is 4.27. The van der Waals surface area contributed by atoms with Gasteiger partial charge < -0.3 is 15.8 Å². The van der Waals surface area contributed by atoms with E-state index in [9.17, 15) is 0 Å². The van der Waals surface area contributed by atoms with Crippen molar-refractivity contribution in [3.63, 3.8) is 0 Å². The molecule has 0 spiro atoms. The standard InChI is InChI=1S/C33H30N12O/c1-46-30-19-38-27(18-39-30)25-8-9-26-33(41-25)45(32(42-26)24-3-2-13-37-31(24)35)23-6-4-21(5-7-23)20-44-15-11-22(12-16-44)40-28-10-14-36-29(17-34)43-28/h2-10,13-14,18-19,22H,11-12,15-16,20H2,1H3,(H2,35,37)(H,36,40,43). The quantitative estimate of drug-likeness (QED) is 0.251. The normalized spacial score (nSPS) is 13.8. The lowest BCUT2D eigenvalue weighted by Crippen LogP contribution is -2.38. The predicted molar refractivity (Wildman–Crippen MR) is 173 cm³/mol. The SMILES string of the molecule is COc1cnc(-c2ccc3nc(-c4cccnc4N)n(-c4ccc(CN5CCC(Nc6ccnc(C#N)n6)CC5)cc4)c3n2)cn1. The van der Waals surface area contributed by atoms with Crippen LogP contribution in [0.25, 0.3) is 39.6 Å². The highest BCUT2D eigenvalue weighted by Gasteiger charge is 2.21. The number of pyridine rings is 2. The molecule has 1 fully saturated rings. The highest BCUT2D eigenvalue weighted by Crippen LogP contribution is 2.32. The second-order valence-corrected chi connectivity index (χ2v) is 10.9. The van der Waals surface area contributed by atoms with E-state index >= 15 is 0 Å². The maximum atomic E-state index is 9.07. The zero-order chi connectivity index (χ0) is 31.5. The molecule has 228 valence electrons. The van der Waals surface area contributed by atoms with E-state index in [1.807, 2.05) is 34.9 Å². The summed E-state index contributed by atoms with van der Waals surface area (Å²) in [5, 5.41) is 12.5. The number of anilines is 2. The molecule has 0 aliphatic carbocycles. The van der Waals surface area contributed by atoms with Crippen LogP contribution in [0.15, 0.2) is 79.4 Å². The van der Waals surface area contributed by atoms with Gasteiger partial charge >= 0.3 is 0 Å². The van der Waals surface area contributed by atoms with Gasteiger partial charge in [0.2, 0.25) is 11.7 Å². The molecule has 0 bridgehead atoms. The van der Waals surface area contributed by atoms with Gasteiger partial charge in [-0.2, -0.15) is 5.26 Å². The number of fused-ring (bicyclic) bond motifs is 1. The lowest BCUT2D eigenvalue weighted by molar-refractivity contribution is 0.211. The smallest absolute Gasteiger partial charge is 0.234 e. The summed E-state index contributed by atoms with van der Waals surface area (Å²) in [6, 6.07) is 20.1. The molecule has 7 rings (SSSR count). The van der Waals surface area contributed by atoms with E-state index in [2.05, 4.69) is 59.4 Å². The van der Waals surface area contributed by atoms with Gasteiger partial charge in [-0.1, -0.05) is 12.1 Å². The molecule has 5 aromatic heterocycles. The van der Waals surface area contributed by atoms with Crippen LogP contribution in [-0.4, -0.2) is 70.6 Å². The zero-order valence-electron chi connectivity index (χ0n) is 25.1. The number of nitrogens with one attached hydrogen (secondary N) is 1. The molecule has 1 saturated heterocycles. The van der Waals surface area contributed by atoms with Crippen LogP contribution in [0.4, 0.5) is 11.6 Å². The van der Waals surface area contributed by atoms with E-state index in [4.69, 9.17) is 25.7 Å². The molecule has 13 nitrogen and oxygen atoms in total. The Morgan fingerprint density at radius 1 is 0.913 bits per heavy atom. The van der Waals surface area contributed by atoms with Crippen molar-refractivity contribution >= 4 is 22.8 Å². The molecular formula is C33H30N12O. The molecule has 1 aliphatic heterocycles. The van der Waals surface area contributed by atoms with E-state index in [0.29, 0.717) is 46.4 Å². The van der Waals surface area contributed by atoms with Crippen molar-refractivity contribution in [3.8, 4) is 40.4 Å². The lowest BCUT2D eigenvalue weighted by Gasteiger charge is -2.32. The minimum atomic E-state index is 0.174. The third-order valence-corrected chi connectivity index (χ3v) is 7.98. The van der Waals surface area contributed by atoms with Crippen molar-refractivity contribution in [3.05, 3.63) is 90.8 Å². The number of nitrogens with zero attached hydrogens (tertiary/aromatic N) is 10. The summed E-state index contributed by atoms with van der Waals surface area (Å²) in [5.41, 5.74) is 11.8. The van der Waals surface area contributed by atoms with Gasteiger partial charge in [0.15, 0.2) is 11.5 Å². The van der Waals surface area contributed by atoms with Crippen LogP contribution >= 0.6 is 0 Å². The summed E-state index contributed by atoms with van der Waals surface area (Å²) in [4.78, 5) is 33.6. The molecule has 6 aromatic rings. The van der Waals surface area contributed by atoms with Crippen molar-refractivity contribution in [1.29, 1.82) is 5.26 Å². The van der Waals surface area contributed by atoms with Crippen LogP contribution < -0.4 is 15.8 Å². The summed E-state index contributed by atoms with van der Waals surface area (Å²) in [7, 11) is 1.56. The van der Waals surface area contributed by atoms with Gasteiger partial charge in [0.05, 0.1) is 30.8 Å². The fraction of sp³-hybridized carbons (Fsp3) is 0.212. The van der Waals surface area contributed by atoms with Crippen LogP contribution in [0.1, 0.15) is 24.2 Å². The molecule has 0 atom stereocenters. The first-order valence-corrected chi connectivity index (χ1v) is 14.9. The Balaban J connectivity index is 1.13.